The van der Waals surface area contributed by atoms with Crippen LogP contribution in [0.25, 0.3) is 5.69 Å². The zero-order valence-electron chi connectivity index (χ0n) is 21.4. The maximum atomic E-state index is 6.05. The SMILES string of the molecule is Cc1cc(C)cc(NC2=Nc3ccccc3N3C2=Nc2c(c(C)nn2-c2ccccc2)[C@H]3c2ccco2)c1. The molecule has 3 aromatic carbocycles. The van der Waals surface area contributed by atoms with Crippen LogP contribution < -0.4 is 10.2 Å². The molecule has 1 N–H and O–H groups in total. The van der Waals surface area contributed by atoms with Crippen molar-refractivity contribution < 1.29 is 4.42 Å². The molecular weight excluding hydrogens is 472 g/mol. The lowest BCUT2D eigenvalue weighted by Crippen LogP contribution is -2.46. The second kappa shape index (κ2) is 8.59. The van der Waals surface area contributed by atoms with Crippen molar-refractivity contribution >= 4 is 34.6 Å². The molecule has 0 amide bonds. The topological polar surface area (TPSA) is 71.0 Å². The third-order valence-corrected chi connectivity index (χ3v) is 6.94. The molecule has 38 heavy (non-hydrogen) atoms. The van der Waals surface area contributed by atoms with Gasteiger partial charge in [0.15, 0.2) is 17.5 Å². The van der Waals surface area contributed by atoms with Crippen molar-refractivity contribution in [3.63, 3.8) is 0 Å². The lowest BCUT2D eigenvalue weighted by atomic mass is 9.97. The van der Waals surface area contributed by atoms with Gasteiger partial charge in [-0.1, -0.05) is 36.4 Å². The first-order valence-electron chi connectivity index (χ1n) is 12.7. The van der Waals surface area contributed by atoms with Crippen molar-refractivity contribution in [3.8, 4) is 5.69 Å². The Morgan fingerprint density at radius 1 is 0.816 bits per heavy atom. The minimum absolute atomic E-state index is 0.266. The first kappa shape index (κ1) is 22.3. The van der Waals surface area contributed by atoms with Gasteiger partial charge >= 0.3 is 0 Å². The summed E-state index contributed by atoms with van der Waals surface area (Å²) in [4.78, 5) is 12.5. The zero-order chi connectivity index (χ0) is 25.8. The molecule has 0 saturated carbocycles. The van der Waals surface area contributed by atoms with Gasteiger partial charge in [-0.25, -0.2) is 14.7 Å². The second-order valence-corrected chi connectivity index (χ2v) is 9.74. The lowest BCUT2D eigenvalue weighted by Gasteiger charge is -2.39. The molecule has 4 heterocycles. The molecule has 186 valence electrons. The van der Waals surface area contributed by atoms with Crippen molar-refractivity contribution in [1.29, 1.82) is 0 Å². The van der Waals surface area contributed by atoms with Gasteiger partial charge in [-0.3, -0.25) is 0 Å². The highest BCUT2D eigenvalue weighted by Crippen LogP contribution is 2.48. The highest BCUT2D eigenvalue weighted by atomic mass is 16.3. The number of hydrogen-bond acceptors (Lipinski definition) is 6. The van der Waals surface area contributed by atoms with Gasteiger partial charge in [-0.2, -0.15) is 5.10 Å². The predicted octanol–water partition coefficient (Wildman–Crippen LogP) is 7.19. The van der Waals surface area contributed by atoms with E-state index in [0.29, 0.717) is 11.7 Å². The second-order valence-electron chi connectivity index (χ2n) is 9.74. The number of nitrogens with zero attached hydrogens (tertiary/aromatic N) is 5. The fraction of sp³-hybridized carbons (Fsp3) is 0.129. The summed E-state index contributed by atoms with van der Waals surface area (Å²) in [5.41, 5.74) is 8.02. The lowest BCUT2D eigenvalue weighted by molar-refractivity contribution is 0.487. The number of furan rings is 1. The Hall–Kier alpha value is -4.91. The summed E-state index contributed by atoms with van der Waals surface area (Å²) >= 11 is 0. The summed E-state index contributed by atoms with van der Waals surface area (Å²) < 4.78 is 7.97. The van der Waals surface area contributed by atoms with Crippen LogP contribution in [0, 0.1) is 20.8 Å². The summed E-state index contributed by atoms with van der Waals surface area (Å²) in [6.07, 6.45) is 1.72. The number of aliphatic imine (C=N–C) groups is 2. The van der Waals surface area contributed by atoms with Crippen LogP contribution in [0.2, 0.25) is 0 Å². The molecule has 5 aromatic rings. The number of rotatable bonds is 3. The largest absolute Gasteiger partial charge is 0.467 e. The molecule has 7 heteroatoms. The van der Waals surface area contributed by atoms with Crippen LogP contribution in [-0.2, 0) is 0 Å². The molecule has 2 aromatic heterocycles. The van der Waals surface area contributed by atoms with Crippen molar-refractivity contribution in [2.75, 3.05) is 10.2 Å². The molecule has 0 fully saturated rings. The van der Waals surface area contributed by atoms with Crippen molar-refractivity contribution in [1.82, 2.24) is 9.78 Å². The molecular formula is C31H26N6O. The van der Waals surface area contributed by atoms with E-state index < -0.39 is 0 Å². The normalized spacial score (nSPS) is 15.8. The fourth-order valence-corrected chi connectivity index (χ4v) is 5.45. The number of amidine groups is 2. The van der Waals surface area contributed by atoms with Gasteiger partial charge in [0.1, 0.15) is 11.8 Å². The molecule has 7 rings (SSSR count). The van der Waals surface area contributed by atoms with Gasteiger partial charge in [-0.05, 0) is 80.4 Å². The van der Waals surface area contributed by atoms with Crippen molar-refractivity contribution in [2.45, 2.75) is 26.8 Å². The highest BCUT2D eigenvalue weighted by molar-refractivity contribution is 6.51. The minimum Gasteiger partial charge on any atom is -0.467 e. The monoisotopic (exact) mass is 498 g/mol. The third kappa shape index (κ3) is 3.55. The standard InChI is InChI=1S/C31H26N6O/c1-19-16-20(2)18-22(17-19)32-29-31-34-30-27(21(3)35-37(30)23-10-5-4-6-11-23)28(26-14-9-15-38-26)36(31)25-13-8-7-12-24(25)33-29/h4-18,28H,1-3H3,(H,32,33)/t28-/m1/s1. The predicted molar refractivity (Wildman–Crippen MR) is 152 cm³/mol. The van der Waals surface area contributed by atoms with E-state index in [1.54, 1.807) is 6.26 Å². The van der Waals surface area contributed by atoms with E-state index in [9.17, 15) is 0 Å². The molecule has 0 radical (unpaired) electrons. The molecule has 0 spiro atoms. The van der Waals surface area contributed by atoms with E-state index >= 15 is 0 Å². The van der Waals surface area contributed by atoms with Crippen LogP contribution >= 0.6 is 0 Å². The summed E-state index contributed by atoms with van der Waals surface area (Å²) in [5.74, 6) is 2.98. The highest BCUT2D eigenvalue weighted by Gasteiger charge is 2.42. The smallest absolute Gasteiger partial charge is 0.179 e. The van der Waals surface area contributed by atoms with E-state index in [2.05, 4.69) is 48.3 Å². The van der Waals surface area contributed by atoms with Crippen LogP contribution in [0.4, 0.5) is 22.9 Å². The molecule has 1 atom stereocenters. The molecule has 2 aliphatic rings. The number of benzene rings is 3. The molecule has 7 nitrogen and oxygen atoms in total. The number of para-hydroxylation sites is 3. The molecule has 0 saturated heterocycles. The van der Waals surface area contributed by atoms with Gasteiger partial charge in [0.25, 0.3) is 0 Å². The van der Waals surface area contributed by atoms with Crippen LogP contribution in [0.15, 0.2) is 106 Å². The van der Waals surface area contributed by atoms with E-state index in [-0.39, 0.29) is 6.04 Å². The maximum Gasteiger partial charge on any atom is 0.179 e. The average Bonchev–Trinajstić information content (AvgIpc) is 3.56. The first-order chi connectivity index (χ1) is 18.6. The Labute approximate surface area is 220 Å². The Balaban J connectivity index is 1.49. The first-order valence-corrected chi connectivity index (χ1v) is 12.7. The van der Waals surface area contributed by atoms with Gasteiger partial charge in [0.2, 0.25) is 0 Å². The molecule has 0 bridgehead atoms. The summed E-state index contributed by atoms with van der Waals surface area (Å²) in [6.45, 7) is 6.23. The van der Waals surface area contributed by atoms with Crippen LogP contribution in [-0.4, -0.2) is 21.5 Å². The zero-order valence-corrected chi connectivity index (χ0v) is 21.4. The van der Waals surface area contributed by atoms with E-state index in [4.69, 9.17) is 19.5 Å². The summed E-state index contributed by atoms with van der Waals surface area (Å²) in [7, 11) is 0. The number of fused-ring (bicyclic) bond motifs is 4. The third-order valence-electron chi connectivity index (χ3n) is 6.94. The van der Waals surface area contributed by atoms with Gasteiger partial charge in [0.05, 0.1) is 34.6 Å². The number of aryl methyl sites for hydroxylation is 3. The van der Waals surface area contributed by atoms with Gasteiger partial charge < -0.3 is 14.6 Å². The summed E-state index contributed by atoms with van der Waals surface area (Å²) in [5, 5.41) is 8.53. The van der Waals surface area contributed by atoms with Crippen LogP contribution in [0.3, 0.4) is 0 Å². The van der Waals surface area contributed by atoms with Crippen molar-refractivity contribution in [2.24, 2.45) is 9.98 Å². The van der Waals surface area contributed by atoms with Crippen molar-refractivity contribution in [3.05, 3.63) is 119 Å². The fourth-order valence-electron chi connectivity index (χ4n) is 5.45. The quantitative estimate of drug-likeness (QED) is 0.286. The van der Waals surface area contributed by atoms with Crippen LogP contribution in [0.5, 0.6) is 0 Å². The van der Waals surface area contributed by atoms with Gasteiger partial charge in [0, 0.05) is 5.69 Å². The summed E-state index contributed by atoms with van der Waals surface area (Å²) in [6, 6.07) is 28.3. The molecule has 0 unspecified atom stereocenters. The van der Waals surface area contributed by atoms with E-state index in [1.165, 1.54) is 11.1 Å². The van der Waals surface area contributed by atoms with Gasteiger partial charge in [-0.15, -0.1) is 0 Å². The number of hydrogen-bond donors (Lipinski definition) is 1. The number of anilines is 2. The Morgan fingerprint density at radius 2 is 1.58 bits per heavy atom. The Kier molecular flexibility index (Phi) is 5.04. The number of nitrogens with one attached hydrogen (secondary N) is 1. The van der Waals surface area contributed by atoms with Crippen LogP contribution in [0.1, 0.15) is 34.2 Å². The Morgan fingerprint density at radius 3 is 2.34 bits per heavy atom. The molecule has 0 aliphatic carbocycles. The molecule has 2 aliphatic heterocycles. The van der Waals surface area contributed by atoms with E-state index in [1.807, 2.05) is 72.3 Å². The van der Waals surface area contributed by atoms with E-state index in [0.717, 1.165) is 45.6 Å². The average molecular weight is 499 g/mol. The Bertz CT molecular complexity index is 1710. The minimum atomic E-state index is -0.266. The number of aromatic nitrogens is 2. The maximum absolute atomic E-state index is 6.05.